The van der Waals surface area contributed by atoms with E-state index in [-0.39, 0.29) is 17.7 Å². The van der Waals surface area contributed by atoms with Crippen molar-refractivity contribution in [2.75, 3.05) is 11.4 Å². The number of fused-ring (bicyclic) bond motifs is 3. The Morgan fingerprint density at radius 2 is 1.83 bits per heavy atom. The molecule has 0 N–H and O–H groups in total. The van der Waals surface area contributed by atoms with E-state index in [9.17, 15) is 18.0 Å². The van der Waals surface area contributed by atoms with E-state index < -0.39 is 11.7 Å². The van der Waals surface area contributed by atoms with Crippen molar-refractivity contribution in [2.24, 2.45) is 5.92 Å². The highest BCUT2D eigenvalue weighted by Gasteiger charge is 2.38. The summed E-state index contributed by atoms with van der Waals surface area (Å²) in [5, 5.41) is 0. The molecule has 0 aliphatic carbocycles. The summed E-state index contributed by atoms with van der Waals surface area (Å²) in [5.74, 6) is -0.105. The summed E-state index contributed by atoms with van der Waals surface area (Å²) in [5.41, 5.74) is 0.944. The number of hydrogen-bond donors (Lipinski definition) is 0. The lowest BCUT2D eigenvalue weighted by molar-refractivity contribution is -0.137. The van der Waals surface area contributed by atoms with E-state index >= 15 is 0 Å². The fourth-order valence-corrected chi connectivity index (χ4v) is 4.20. The first kappa shape index (κ1) is 17.3. The minimum atomic E-state index is -4.34. The molecule has 2 atom stereocenters. The SMILES string of the molecule is CC(=O)C1Cc2cc(C(F)(F)F)ccc2N2CCCCCCCC12. The maximum atomic E-state index is 13.0. The Labute approximate surface area is 141 Å². The fraction of sp³-hybridized carbons (Fsp3) is 0.632. The quantitative estimate of drug-likeness (QED) is 0.718. The zero-order chi connectivity index (χ0) is 17.3. The highest BCUT2D eigenvalue weighted by Crippen LogP contribution is 2.40. The molecule has 24 heavy (non-hydrogen) atoms. The Kier molecular flexibility index (Phi) is 4.88. The molecule has 0 aromatic heterocycles. The summed E-state index contributed by atoms with van der Waals surface area (Å²) >= 11 is 0. The van der Waals surface area contributed by atoms with Crippen LogP contribution in [0.25, 0.3) is 0 Å². The lowest BCUT2D eigenvalue weighted by Gasteiger charge is -2.43. The van der Waals surface area contributed by atoms with Gasteiger partial charge in [-0.05, 0) is 49.9 Å². The van der Waals surface area contributed by atoms with Gasteiger partial charge in [0.05, 0.1) is 5.56 Å². The zero-order valence-electron chi connectivity index (χ0n) is 14.0. The Balaban J connectivity index is 2.01. The second-order valence-electron chi connectivity index (χ2n) is 7.08. The summed E-state index contributed by atoms with van der Waals surface area (Å²) in [6.45, 7) is 2.40. The predicted molar refractivity (Wildman–Crippen MR) is 88.2 cm³/mol. The van der Waals surface area contributed by atoms with Crippen LogP contribution in [0.2, 0.25) is 0 Å². The lowest BCUT2D eigenvalue weighted by atomic mass is 9.80. The summed E-state index contributed by atoms with van der Waals surface area (Å²) in [7, 11) is 0. The molecule has 2 aliphatic rings. The number of carbonyl (C=O) groups is 1. The molecular formula is C19H24F3NO. The van der Waals surface area contributed by atoms with Crippen molar-refractivity contribution in [3.63, 3.8) is 0 Å². The number of rotatable bonds is 1. The van der Waals surface area contributed by atoms with Crippen molar-refractivity contribution in [3.05, 3.63) is 29.3 Å². The third kappa shape index (κ3) is 3.45. The first-order valence-electron chi connectivity index (χ1n) is 8.85. The molecule has 1 fully saturated rings. The van der Waals surface area contributed by atoms with E-state index in [1.807, 2.05) is 0 Å². The minimum absolute atomic E-state index is 0.0901. The average Bonchev–Trinajstić information content (AvgIpc) is 2.64. The van der Waals surface area contributed by atoms with Crippen LogP contribution >= 0.6 is 0 Å². The molecule has 1 aromatic carbocycles. The number of carbonyl (C=O) groups excluding carboxylic acids is 1. The first-order valence-corrected chi connectivity index (χ1v) is 8.85. The highest BCUT2D eigenvalue weighted by molar-refractivity contribution is 5.81. The van der Waals surface area contributed by atoms with E-state index in [0.29, 0.717) is 12.0 Å². The van der Waals surface area contributed by atoms with Gasteiger partial charge in [0.15, 0.2) is 0 Å². The number of benzene rings is 1. The number of halogens is 3. The van der Waals surface area contributed by atoms with E-state index in [2.05, 4.69) is 4.90 Å². The Bertz CT molecular complexity index is 611. The molecule has 2 unspecified atom stereocenters. The van der Waals surface area contributed by atoms with E-state index in [0.717, 1.165) is 37.9 Å². The smallest absolute Gasteiger partial charge is 0.368 e. The second kappa shape index (κ2) is 6.77. The van der Waals surface area contributed by atoms with Gasteiger partial charge in [0.1, 0.15) is 5.78 Å². The maximum absolute atomic E-state index is 13.0. The lowest BCUT2D eigenvalue weighted by Crippen LogP contribution is -2.48. The van der Waals surface area contributed by atoms with Crippen LogP contribution in [-0.2, 0) is 17.4 Å². The molecule has 0 amide bonds. The Morgan fingerprint density at radius 3 is 2.54 bits per heavy atom. The van der Waals surface area contributed by atoms with Gasteiger partial charge in [0, 0.05) is 24.2 Å². The summed E-state index contributed by atoms with van der Waals surface area (Å²) < 4.78 is 39.1. The van der Waals surface area contributed by atoms with Crippen LogP contribution in [0.5, 0.6) is 0 Å². The third-order valence-corrected chi connectivity index (χ3v) is 5.44. The van der Waals surface area contributed by atoms with Gasteiger partial charge in [-0.15, -0.1) is 0 Å². The van der Waals surface area contributed by atoms with Crippen LogP contribution in [0.15, 0.2) is 18.2 Å². The first-order chi connectivity index (χ1) is 11.4. The molecule has 1 saturated heterocycles. The standard InChI is InChI=1S/C19H24F3NO/c1-13(24)16-12-14-11-15(19(20,21)22)8-9-17(14)23-10-6-4-2-3-5-7-18(16)23/h8-9,11,16,18H,2-7,10,12H2,1H3. The average molecular weight is 339 g/mol. The van der Waals surface area contributed by atoms with Gasteiger partial charge in [-0.25, -0.2) is 0 Å². The molecule has 2 nitrogen and oxygen atoms in total. The summed E-state index contributed by atoms with van der Waals surface area (Å²) in [6.07, 6.45) is 2.66. The number of anilines is 1. The van der Waals surface area contributed by atoms with Crippen molar-refractivity contribution in [3.8, 4) is 0 Å². The largest absolute Gasteiger partial charge is 0.416 e. The van der Waals surface area contributed by atoms with Gasteiger partial charge in [-0.3, -0.25) is 4.79 Å². The van der Waals surface area contributed by atoms with Crippen LogP contribution in [0.3, 0.4) is 0 Å². The monoisotopic (exact) mass is 339 g/mol. The van der Waals surface area contributed by atoms with Crippen LogP contribution < -0.4 is 4.90 Å². The predicted octanol–water partition coefficient (Wildman–Crippen LogP) is 5.00. The molecule has 0 spiro atoms. The topological polar surface area (TPSA) is 20.3 Å². The van der Waals surface area contributed by atoms with Gasteiger partial charge < -0.3 is 4.90 Å². The van der Waals surface area contributed by atoms with Gasteiger partial charge >= 0.3 is 6.18 Å². The zero-order valence-corrected chi connectivity index (χ0v) is 14.0. The fourth-order valence-electron chi connectivity index (χ4n) is 4.20. The van der Waals surface area contributed by atoms with E-state index in [1.165, 1.54) is 25.0 Å². The number of ketones is 1. The van der Waals surface area contributed by atoms with E-state index in [1.54, 1.807) is 13.0 Å². The molecular weight excluding hydrogens is 315 g/mol. The molecule has 3 rings (SSSR count). The van der Waals surface area contributed by atoms with E-state index in [4.69, 9.17) is 0 Å². The van der Waals surface area contributed by atoms with Gasteiger partial charge in [-0.2, -0.15) is 13.2 Å². The number of Topliss-reactive ketones (excluding diaryl/α,β-unsaturated/α-hetero) is 1. The molecule has 5 heteroatoms. The molecule has 0 bridgehead atoms. The molecule has 2 heterocycles. The number of hydrogen-bond acceptors (Lipinski definition) is 2. The minimum Gasteiger partial charge on any atom is -0.368 e. The van der Waals surface area contributed by atoms with Gasteiger partial charge in [-0.1, -0.05) is 25.7 Å². The van der Waals surface area contributed by atoms with Crippen molar-refractivity contribution in [1.29, 1.82) is 0 Å². The Morgan fingerprint density at radius 1 is 1.12 bits per heavy atom. The second-order valence-corrected chi connectivity index (χ2v) is 7.08. The van der Waals surface area contributed by atoms with Crippen molar-refractivity contribution >= 4 is 11.5 Å². The van der Waals surface area contributed by atoms with Crippen LogP contribution in [0.1, 0.15) is 56.6 Å². The maximum Gasteiger partial charge on any atom is 0.416 e. The van der Waals surface area contributed by atoms with Gasteiger partial charge in [0.25, 0.3) is 0 Å². The molecule has 0 saturated carbocycles. The van der Waals surface area contributed by atoms with Crippen LogP contribution in [-0.4, -0.2) is 18.4 Å². The molecule has 0 radical (unpaired) electrons. The third-order valence-electron chi connectivity index (χ3n) is 5.44. The van der Waals surface area contributed by atoms with Crippen LogP contribution in [0.4, 0.5) is 18.9 Å². The highest BCUT2D eigenvalue weighted by atomic mass is 19.4. The van der Waals surface area contributed by atoms with Crippen molar-refractivity contribution < 1.29 is 18.0 Å². The molecule has 1 aromatic rings. The molecule has 132 valence electrons. The Hall–Kier alpha value is -1.52. The summed E-state index contributed by atoms with van der Waals surface area (Å²) in [6, 6.07) is 4.16. The van der Waals surface area contributed by atoms with Crippen LogP contribution in [0, 0.1) is 5.92 Å². The molecule has 2 aliphatic heterocycles. The van der Waals surface area contributed by atoms with Crippen molar-refractivity contribution in [2.45, 2.75) is 64.1 Å². The normalized spacial score (nSPS) is 25.1. The van der Waals surface area contributed by atoms with Gasteiger partial charge in [0.2, 0.25) is 0 Å². The number of nitrogens with zero attached hydrogens (tertiary/aromatic N) is 1. The summed E-state index contributed by atoms with van der Waals surface area (Å²) in [4.78, 5) is 14.4. The number of alkyl halides is 3. The van der Waals surface area contributed by atoms with Crippen molar-refractivity contribution in [1.82, 2.24) is 0 Å².